The molecule has 3 aromatic rings. The van der Waals surface area contributed by atoms with Gasteiger partial charge in [0.1, 0.15) is 24.2 Å². The maximum Gasteiger partial charge on any atom is 0.303 e. The Morgan fingerprint density at radius 3 is 2.21 bits per heavy atom. The maximum atomic E-state index is 11.5. The second kappa shape index (κ2) is 11.2. The van der Waals surface area contributed by atoms with Crippen molar-refractivity contribution < 1.29 is 28.8 Å². The number of nitrogens with zero attached hydrogens (tertiary/aromatic N) is 1. The highest BCUT2D eigenvalue weighted by Gasteiger charge is 2.31. The van der Waals surface area contributed by atoms with Gasteiger partial charge in [0.25, 0.3) is 0 Å². The SMILES string of the molecule is CC(=O)OC(COc1ccc(/C(=C(/c2ccc3c(c2)OCO3)C2CC2)c2ccc(O)cc2)cc1)CN(C)C. The molecule has 0 radical (unpaired) electrons. The second-order valence-electron chi connectivity index (χ2n) is 10.0. The van der Waals surface area contributed by atoms with Crippen LogP contribution in [0.3, 0.4) is 0 Å². The predicted octanol–water partition coefficient (Wildman–Crippen LogP) is 5.36. The molecule has 0 bridgehead atoms. The molecule has 7 heteroatoms. The van der Waals surface area contributed by atoms with Gasteiger partial charge in [-0.25, -0.2) is 0 Å². The minimum absolute atomic E-state index is 0.230. The van der Waals surface area contributed by atoms with Crippen LogP contribution >= 0.6 is 0 Å². The molecule has 0 spiro atoms. The number of ether oxygens (including phenoxy) is 4. The Morgan fingerprint density at radius 2 is 1.58 bits per heavy atom. The lowest BCUT2D eigenvalue weighted by molar-refractivity contribution is -0.148. The summed E-state index contributed by atoms with van der Waals surface area (Å²) >= 11 is 0. The van der Waals surface area contributed by atoms with Crippen LogP contribution < -0.4 is 14.2 Å². The number of aromatic hydroxyl groups is 1. The molecule has 3 aromatic carbocycles. The van der Waals surface area contributed by atoms with E-state index in [2.05, 4.69) is 24.3 Å². The molecule has 1 aliphatic heterocycles. The Bertz CT molecular complexity index is 1310. The quantitative estimate of drug-likeness (QED) is 0.288. The van der Waals surface area contributed by atoms with Gasteiger partial charge >= 0.3 is 5.97 Å². The van der Waals surface area contributed by atoms with Gasteiger partial charge in [0.05, 0.1) is 0 Å². The van der Waals surface area contributed by atoms with Gasteiger partial charge in [-0.1, -0.05) is 30.3 Å². The summed E-state index contributed by atoms with van der Waals surface area (Å²) in [7, 11) is 3.86. The zero-order valence-electron chi connectivity index (χ0n) is 22.0. The molecule has 38 heavy (non-hydrogen) atoms. The Hall–Kier alpha value is -3.97. The first kappa shape index (κ1) is 25.7. The molecule has 0 amide bonds. The fourth-order valence-corrected chi connectivity index (χ4v) is 4.80. The zero-order chi connectivity index (χ0) is 26.6. The number of likely N-dealkylation sites (N-methyl/N-ethyl adjacent to an activating group) is 1. The number of phenolic OH excluding ortho intramolecular Hbond substituents is 1. The van der Waals surface area contributed by atoms with Crippen molar-refractivity contribution in [2.24, 2.45) is 5.92 Å². The second-order valence-corrected chi connectivity index (χ2v) is 10.0. The number of carbonyl (C=O) groups is 1. The smallest absolute Gasteiger partial charge is 0.303 e. The normalized spacial score (nSPS) is 15.7. The Balaban J connectivity index is 1.48. The molecule has 1 fully saturated rings. The van der Waals surface area contributed by atoms with Gasteiger partial charge in [0, 0.05) is 13.5 Å². The summed E-state index contributed by atoms with van der Waals surface area (Å²) in [5.41, 5.74) is 5.55. The molecule has 1 atom stereocenters. The number of allylic oxidation sites excluding steroid dienone is 1. The number of hydrogen-bond acceptors (Lipinski definition) is 7. The molecule has 1 unspecified atom stereocenters. The van der Waals surface area contributed by atoms with Gasteiger partial charge in [-0.2, -0.15) is 0 Å². The summed E-state index contributed by atoms with van der Waals surface area (Å²) < 4.78 is 22.6. The third-order valence-electron chi connectivity index (χ3n) is 6.57. The highest BCUT2D eigenvalue weighted by molar-refractivity contribution is 6.00. The largest absolute Gasteiger partial charge is 0.508 e. The first-order valence-corrected chi connectivity index (χ1v) is 12.9. The molecule has 1 N–H and O–H groups in total. The zero-order valence-corrected chi connectivity index (χ0v) is 22.0. The topological polar surface area (TPSA) is 77.5 Å². The van der Waals surface area contributed by atoms with Crippen LogP contribution in [0.1, 0.15) is 36.5 Å². The maximum absolute atomic E-state index is 11.5. The Kier molecular flexibility index (Phi) is 7.56. The van der Waals surface area contributed by atoms with Crippen molar-refractivity contribution in [1.29, 1.82) is 0 Å². The Morgan fingerprint density at radius 1 is 0.947 bits per heavy atom. The summed E-state index contributed by atoms with van der Waals surface area (Å²) in [6.45, 7) is 2.49. The van der Waals surface area contributed by atoms with Gasteiger partial charge in [-0.05, 0) is 97.1 Å². The van der Waals surface area contributed by atoms with Crippen LogP contribution in [-0.4, -0.2) is 56.1 Å². The van der Waals surface area contributed by atoms with E-state index in [1.54, 1.807) is 12.1 Å². The van der Waals surface area contributed by atoms with E-state index in [4.69, 9.17) is 18.9 Å². The number of benzene rings is 3. The fourth-order valence-electron chi connectivity index (χ4n) is 4.80. The monoisotopic (exact) mass is 515 g/mol. The summed E-state index contributed by atoms with van der Waals surface area (Å²) in [6, 6.07) is 21.5. The predicted molar refractivity (Wildman–Crippen MR) is 145 cm³/mol. The lowest BCUT2D eigenvalue weighted by atomic mass is 9.87. The van der Waals surface area contributed by atoms with E-state index in [-0.39, 0.29) is 31.2 Å². The summed E-state index contributed by atoms with van der Waals surface area (Å²) in [5, 5.41) is 9.94. The van der Waals surface area contributed by atoms with Crippen LogP contribution in [0.15, 0.2) is 66.7 Å². The molecule has 7 nitrogen and oxygen atoms in total. The molecule has 0 saturated heterocycles. The van der Waals surface area contributed by atoms with Crippen molar-refractivity contribution in [2.45, 2.75) is 25.9 Å². The van der Waals surface area contributed by atoms with Gasteiger partial charge < -0.3 is 29.0 Å². The van der Waals surface area contributed by atoms with Crippen molar-refractivity contribution in [1.82, 2.24) is 4.90 Å². The van der Waals surface area contributed by atoms with Gasteiger partial charge in [0.2, 0.25) is 6.79 Å². The molecule has 1 heterocycles. The molecule has 1 saturated carbocycles. The van der Waals surface area contributed by atoms with Gasteiger partial charge in [0.15, 0.2) is 11.5 Å². The first-order chi connectivity index (χ1) is 18.4. The van der Waals surface area contributed by atoms with E-state index >= 15 is 0 Å². The third kappa shape index (κ3) is 6.11. The highest BCUT2D eigenvalue weighted by Crippen LogP contribution is 2.49. The van der Waals surface area contributed by atoms with Crippen LogP contribution in [-0.2, 0) is 9.53 Å². The standard InChI is InChI=1S/C31H33NO6/c1-20(33)38-27(17-32(2)3)18-35-26-13-8-23(9-14-26)30(22-6-11-25(34)12-7-22)31(21-4-5-21)24-10-15-28-29(16-24)37-19-36-28/h6-16,21,27,34H,4-5,17-19H2,1-3H3/b31-30+. The number of fused-ring (bicyclic) bond motifs is 1. The van der Waals surface area contributed by atoms with Crippen molar-refractivity contribution in [3.63, 3.8) is 0 Å². The van der Waals surface area contributed by atoms with Gasteiger partial charge in [-0.15, -0.1) is 0 Å². The molecule has 2 aliphatic rings. The lowest BCUT2D eigenvalue weighted by Gasteiger charge is -2.21. The number of carbonyl (C=O) groups excluding carboxylic acids is 1. The average Bonchev–Trinajstić information content (AvgIpc) is 3.61. The van der Waals surface area contributed by atoms with Crippen molar-refractivity contribution in [3.8, 4) is 23.0 Å². The molecular weight excluding hydrogens is 482 g/mol. The molecular formula is C31H33NO6. The Labute approximate surface area is 223 Å². The summed E-state index contributed by atoms with van der Waals surface area (Å²) in [4.78, 5) is 13.5. The van der Waals surface area contributed by atoms with E-state index < -0.39 is 0 Å². The van der Waals surface area contributed by atoms with Crippen molar-refractivity contribution in [2.75, 3.05) is 34.0 Å². The van der Waals surface area contributed by atoms with Crippen LogP contribution in [0.4, 0.5) is 0 Å². The molecule has 198 valence electrons. The minimum Gasteiger partial charge on any atom is -0.508 e. The third-order valence-corrected chi connectivity index (χ3v) is 6.57. The fraction of sp³-hybridized carbons (Fsp3) is 0.323. The van der Waals surface area contributed by atoms with Crippen molar-refractivity contribution in [3.05, 3.63) is 83.4 Å². The van der Waals surface area contributed by atoms with E-state index in [1.165, 1.54) is 12.5 Å². The number of hydrogen-bond donors (Lipinski definition) is 1. The average molecular weight is 516 g/mol. The first-order valence-electron chi connectivity index (χ1n) is 12.9. The van der Waals surface area contributed by atoms with Crippen LogP contribution in [0.2, 0.25) is 0 Å². The van der Waals surface area contributed by atoms with Crippen molar-refractivity contribution >= 4 is 17.1 Å². The number of rotatable bonds is 10. The molecule has 5 rings (SSSR count). The van der Waals surface area contributed by atoms with E-state index in [0.29, 0.717) is 18.2 Å². The minimum atomic E-state index is -0.359. The van der Waals surface area contributed by atoms with E-state index in [0.717, 1.165) is 46.6 Å². The van der Waals surface area contributed by atoms with Crippen LogP contribution in [0, 0.1) is 5.92 Å². The van der Waals surface area contributed by atoms with E-state index in [9.17, 15) is 9.90 Å². The van der Waals surface area contributed by atoms with Crippen LogP contribution in [0.5, 0.6) is 23.0 Å². The summed E-state index contributed by atoms with van der Waals surface area (Å²) in [6.07, 6.45) is 1.88. The number of phenols is 1. The molecule has 0 aromatic heterocycles. The molecule has 1 aliphatic carbocycles. The highest BCUT2D eigenvalue weighted by atomic mass is 16.7. The summed E-state index contributed by atoms with van der Waals surface area (Å²) in [5.74, 6) is 2.56. The van der Waals surface area contributed by atoms with Gasteiger partial charge in [-0.3, -0.25) is 4.79 Å². The lowest BCUT2D eigenvalue weighted by Crippen LogP contribution is -2.34. The van der Waals surface area contributed by atoms with E-state index in [1.807, 2.05) is 49.3 Å². The van der Waals surface area contributed by atoms with Crippen LogP contribution in [0.25, 0.3) is 11.1 Å². The number of esters is 1.